The van der Waals surface area contributed by atoms with Gasteiger partial charge in [-0.3, -0.25) is 5.41 Å². The van der Waals surface area contributed by atoms with E-state index in [1.165, 1.54) is 6.42 Å². The number of benzene rings is 1. The Morgan fingerprint density at radius 1 is 1.25 bits per heavy atom. The molecule has 1 aromatic carbocycles. The first kappa shape index (κ1) is 11.0. The molecule has 1 aromatic rings. The Labute approximate surface area is 96.5 Å². The predicted molar refractivity (Wildman–Crippen MR) is 66.5 cm³/mol. The van der Waals surface area contributed by atoms with E-state index in [1.54, 1.807) is 0 Å². The predicted octanol–water partition coefficient (Wildman–Crippen LogP) is 3.05. The third-order valence-electron chi connectivity index (χ3n) is 2.83. The summed E-state index contributed by atoms with van der Waals surface area (Å²) in [7, 11) is 0. The summed E-state index contributed by atoms with van der Waals surface area (Å²) >= 11 is 0. The van der Waals surface area contributed by atoms with Crippen LogP contribution in [0.5, 0.6) is 5.75 Å². The zero-order valence-electron chi connectivity index (χ0n) is 9.70. The molecule has 0 atom stereocenters. The summed E-state index contributed by atoms with van der Waals surface area (Å²) < 4.78 is 5.40. The molecule has 0 aromatic heterocycles. The molecule has 2 rings (SSSR count). The highest BCUT2D eigenvalue weighted by Crippen LogP contribution is 2.23. The number of nitrogens with zero attached hydrogens (tertiary/aromatic N) is 1. The van der Waals surface area contributed by atoms with Gasteiger partial charge in [-0.2, -0.15) is 0 Å². The standard InChI is InChI=1S/C13H18N2O/c1-2-16-12-8-6-11(7-9-12)15-10-4-3-5-13(15)14/h6-9,14H,2-5,10H2,1H3. The van der Waals surface area contributed by atoms with Crippen molar-refractivity contribution in [3.63, 3.8) is 0 Å². The monoisotopic (exact) mass is 218 g/mol. The topological polar surface area (TPSA) is 36.3 Å². The lowest BCUT2D eigenvalue weighted by atomic mass is 10.1. The van der Waals surface area contributed by atoms with Gasteiger partial charge in [-0.1, -0.05) is 0 Å². The van der Waals surface area contributed by atoms with Crippen LogP contribution in [0.1, 0.15) is 26.2 Å². The summed E-state index contributed by atoms with van der Waals surface area (Å²) in [5.74, 6) is 1.63. The van der Waals surface area contributed by atoms with Crippen LogP contribution in [0.15, 0.2) is 24.3 Å². The van der Waals surface area contributed by atoms with Crippen molar-refractivity contribution >= 4 is 11.5 Å². The molecular weight excluding hydrogens is 200 g/mol. The van der Waals surface area contributed by atoms with Crippen molar-refractivity contribution in [2.45, 2.75) is 26.2 Å². The molecule has 3 nitrogen and oxygen atoms in total. The molecule has 1 N–H and O–H groups in total. The minimum Gasteiger partial charge on any atom is -0.494 e. The fourth-order valence-electron chi connectivity index (χ4n) is 2.01. The first-order valence-corrected chi connectivity index (χ1v) is 5.89. The number of hydrogen-bond acceptors (Lipinski definition) is 2. The average molecular weight is 218 g/mol. The van der Waals surface area contributed by atoms with E-state index >= 15 is 0 Å². The molecule has 1 aliphatic rings. The van der Waals surface area contributed by atoms with Crippen molar-refractivity contribution in [3.05, 3.63) is 24.3 Å². The van der Waals surface area contributed by atoms with Gasteiger partial charge in [0.05, 0.1) is 6.61 Å². The number of hydrogen-bond donors (Lipinski definition) is 1. The van der Waals surface area contributed by atoms with Crippen molar-refractivity contribution in [2.75, 3.05) is 18.1 Å². The third-order valence-corrected chi connectivity index (χ3v) is 2.83. The van der Waals surface area contributed by atoms with Crippen LogP contribution in [0, 0.1) is 5.41 Å². The summed E-state index contributed by atoms with van der Waals surface area (Å²) in [6.45, 7) is 3.64. The SMILES string of the molecule is CCOc1ccc(N2CCCCC2=N)cc1. The number of ether oxygens (including phenoxy) is 1. The van der Waals surface area contributed by atoms with Gasteiger partial charge in [-0.15, -0.1) is 0 Å². The van der Waals surface area contributed by atoms with E-state index in [1.807, 2.05) is 31.2 Å². The molecule has 1 fully saturated rings. The van der Waals surface area contributed by atoms with E-state index in [-0.39, 0.29) is 0 Å². The molecular formula is C13H18N2O. The average Bonchev–Trinajstić information content (AvgIpc) is 2.31. The van der Waals surface area contributed by atoms with Crippen LogP contribution in [-0.2, 0) is 0 Å². The molecule has 0 spiro atoms. The molecule has 0 amide bonds. The Balaban J connectivity index is 2.11. The lowest BCUT2D eigenvalue weighted by Crippen LogP contribution is -2.34. The van der Waals surface area contributed by atoms with E-state index in [4.69, 9.17) is 10.1 Å². The maximum Gasteiger partial charge on any atom is 0.119 e. The van der Waals surface area contributed by atoms with Gasteiger partial charge in [0.25, 0.3) is 0 Å². The van der Waals surface area contributed by atoms with Crippen molar-refractivity contribution in [3.8, 4) is 5.75 Å². The highest BCUT2D eigenvalue weighted by molar-refractivity contribution is 5.96. The van der Waals surface area contributed by atoms with Crippen LogP contribution in [0.3, 0.4) is 0 Å². The Hall–Kier alpha value is -1.51. The molecule has 16 heavy (non-hydrogen) atoms. The van der Waals surface area contributed by atoms with E-state index in [2.05, 4.69) is 4.90 Å². The van der Waals surface area contributed by atoms with Gasteiger partial charge in [0.1, 0.15) is 11.6 Å². The number of amidine groups is 1. The summed E-state index contributed by atoms with van der Waals surface area (Å²) in [4.78, 5) is 2.08. The van der Waals surface area contributed by atoms with Crippen LogP contribution < -0.4 is 9.64 Å². The quantitative estimate of drug-likeness (QED) is 0.846. The van der Waals surface area contributed by atoms with Crippen LogP contribution in [-0.4, -0.2) is 19.0 Å². The largest absolute Gasteiger partial charge is 0.494 e. The Morgan fingerprint density at radius 2 is 2.00 bits per heavy atom. The van der Waals surface area contributed by atoms with Crippen molar-refractivity contribution < 1.29 is 4.74 Å². The molecule has 1 heterocycles. The normalized spacial score (nSPS) is 16.3. The Morgan fingerprint density at radius 3 is 2.62 bits per heavy atom. The zero-order valence-corrected chi connectivity index (χ0v) is 9.70. The highest BCUT2D eigenvalue weighted by Gasteiger charge is 2.16. The molecule has 3 heteroatoms. The van der Waals surface area contributed by atoms with E-state index in [0.29, 0.717) is 6.61 Å². The first-order chi connectivity index (χ1) is 7.81. The van der Waals surface area contributed by atoms with Gasteiger partial charge < -0.3 is 9.64 Å². The summed E-state index contributed by atoms with van der Waals surface area (Å²) in [6.07, 6.45) is 3.22. The lowest BCUT2D eigenvalue weighted by molar-refractivity contribution is 0.340. The minimum atomic E-state index is 0.693. The van der Waals surface area contributed by atoms with Gasteiger partial charge in [-0.05, 0) is 44.0 Å². The van der Waals surface area contributed by atoms with Crippen LogP contribution in [0.2, 0.25) is 0 Å². The lowest BCUT2D eigenvalue weighted by Gasteiger charge is -2.29. The van der Waals surface area contributed by atoms with Crippen molar-refractivity contribution in [1.82, 2.24) is 0 Å². The van der Waals surface area contributed by atoms with E-state index < -0.39 is 0 Å². The Kier molecular flexibility index (Phi) is 3.44. The summed E-state index contributed by atoms with van der Waals surface area (Å²) in [6, 6.07) is 8.01. The second-order valence-corrected chi connectivity index (χ2v) is 3.98. The smallest absolute Gasteiger partial charge is 0.119 e. The molecule has 1 saturated heterocycles. The Bertz CT molecular complexity index is 359. The van der Waals surface area contributed by atoms with Crippen LogP contribution in [0.25, 0.3) is 0 Å². The fourth-order valence-corrected chi connectivity index (χ4v) is 2.01. The van der Waals surface area contributed by atoms with E-state index in [0.717, 1.165) is 36.7 Å². The molecule has 0 radical (unpaired) electrons. The second-order valence-electron chi connectivity index (χ2n) is 3.98. The third kappa shape index (κ3) is 2.35. The van der Waals surface area contributed by atoms with Gasteiger partial charge in [0, 0.05) is 18.7 Å². The van der Waals surface area contributed by atoms with Gasteiger partial charge in [-0.25, -0.2) is 0 Å². The molecule has 1 aliphatic heterocycles. The molecule has 0 bridgehead atoms. The van der Waals surface area contributed by atoms with Crippen LogP contribution in [0.4, 0.5) is 5.69 Å². The number of rotatable bonds is 3. The molecule has 0 saturated carbocycles. The van der Waals surface area contributed by atoms with Gasteiger partial charge >= 0.3 is 0 Å². The number of piperidine rings is 1. The first-order valence-electron chi connectivity index (χ1n) is 5.89. The summed E-state index contributed by atoms with van der Waals surface area (Å²) in [5.41, 5.74) is 1.10. The maximum absolute atomic E-state index is 7.91. The van der Waals surface area contributed by atoms with E-state index in [9.17, 15) is 0 Å². The minimum absolute atomic E-state index is 0.693. The zero-order chi connectivity index (χ0) is 11.4. The second kappa shape index (κ2) is 5.01. The molecule has 86 valence electrons. The maximum atomic E-state index is 7.91. The number of anilines is 1. The molecule has 0 aliphatic carbocycles. The fraction of sp³-hybridized carbons (Fsp3) is 0.462. The molecule has 0 unspecified atom stereocenters. The van der Waals surface area contributed by atoms with Crippen molar-refractivity contribution in [2.24, 2.45) is 0 Å². The van der Waals surface area contributed by atoms with Gasteiger partial charge in [0.2, 0.25) is 0 Å². The number of nitrogens with one attached hydrogen (secondary N) is 1. The van der Waals surface area contributed by atoms with Crippen LogP contribution >= 0.6 is 0 Å². The van der Waals surface area contributed by atoms with Gasteiger partial charge in [0.15, 0.2) is 0 Å². The van der Waals surface area contributed by atoms with Crippen molar-refractivity contribution in [1.29, 1.82) is 5.41 Å². The highest BCUT2D eigenvalue weighted by atomic mass is 16.5. The summed E-state index contributed by atoms with van der Waals surface area (Å²) in [5, 5.41) is 7.91.